The van der Waals surface area contributed by atoms with E-state index in [1.165, 1.54) is 0 Å². The molecule has 0 spiro atoms. The van der Waals surface area contributed by atoms with E-state index in [2.05, 4.69) is 15.5 Å². The van der Waals surface area contributed by atoms with Crippen molar-refractivity contribution >= 4 is 12.0 Å². The van der Waals surface area contributed by atoms with Crippen LogP contribution in [-0.4, -0.2) is 56.3 Å². The largest absolute Gasteiger partial charge is 0.463 e. The van der Waals surface area contributed by atoms with Gasteiger partial charge in [0.1, 0.15) is 0 Å². The van der Waals surface area contributed by atoms with Crippen molar-refractivity contribution in [1.29, 1.82) is 0 Å². The second-order valence-corrected chi connectivity index (χ2v) is 5.99. The fraction of sp³-hybridized carbons (Fsp3) is 0.444. The van der Waals surface area contributed by atoms with Gasteiger partial charge in [0.15, 0.2) is 0 Å². The molecule has 0 unspecified atom stereocenters. The maximum Gasteiger partial charge on any atom is 0.337 e. The molecule has 1 saturated heterocycles. The van der Waals surface area contributed by atoms with Crippen LogP contribution in [0.5, 0.6) is 0 Å². The van der Waals surface area contributed by atoms with E-state index in [1.807, 2.05) is 30.3 Å². The van der Waals surface area contributed by atoms with Crippen LogP contribution in [0.4, 0.5) is 4.79 Å². The predicted molar refractivity (Wildman–Crippen MR) is 91.8 cm³/mol. The van der Waals surface area contributed by atoms with Crippen molar-refractivity contribution in [2.45, 2.75) is 13.0 Å². The van der Waals surface area contributed by atoms with Crippen LogP contribution in [0, 0.1) is 0 Å². The van der Waals surface area contributed by atoms with E-state index in [-0.39, 0.29) is 18.7 Å². The zero-order chi connectivity index (χ0) is 17.6. The Morgan fingerprint density at radius 3 is 2.92 bits per heavy atom. The van der Waals surface area contributed by atoms with Crippen LogP contribution in [0.1, 0.15) is 18.6 Å². The summed E-state index contributed by atoms with van der Waals surface area (Å²) in [6.07, 6.45) is -0.0148. The first kappa shape index (κ1) is 17.4. The summed E-state index contributed by atoms with van der Waals surface area (Å²) in [6, 6.07) is 9.76. The van der Waals surface area contributed by atoms with E-state index in [0.717, 1.165) is 12.1 Å². The summed E-state index contributed by atoms with van der Waals surface area (Å²) in [5.41, 5.74) is 2.21. The summed E-state index contributed by atoms with van der Waals surface area (Å²) in [5, 5.41) is 5.38. The minimum absolute atomic E-state index is 0.0148. The van der Waals surface area contributed by atoms with E-state index in [4.69, 9.17) is 9.47 Å². The van der Waals surface area contributed by atoms with Crippen LogP contribution < -0.4 is 10.6 Å². The minimum Gasteiger partial charge on any atom is -0.463 e. The lowest BCUT2D eigenvalue weighted by molar-refractivity contribution is -0.138. The Hall–Kier alpha value is -2.38. The van der Waals surface area contributed by atoms with E-state index in [9.17, 15) is 9.59 Å². The van der Waals surface area contributed by atoms with Crippen LogP contribution in [-0.2, 0) is 14.3 Å². The van der Waals surface area contributed by atoms with Crippen molar-refractivity contribution in [3.05, 3.63) is 47.2 Å². The second-order valence-electron chi connectivity index (χ2n) is 5.99. The molecule has 7 nitrogen and oxygen atoms in total. The second kappa shape index (κ2) is 8.13. The highest BCUT2D eigenvalue weighted by Gasteiger charge is 2.28. The molecular formula is C18H23N3O4. The summed E-state index contributed by atoms with van der Waals surface area (Å²) in [6.45, 7) is 4.78. The fourth-order valence-electron chi connectivity index (χ4n) is 3.02. The maximum absolute atomic E-state index is 12.1. The number of ether oxygens (including phenoxy) is 2. The molecule has 134 valence electrons. The van der Waals surface area contributed by atoms with Crippen LogP contribution >= 0.6 is 0 Å². The zero-order valence-corrected chi connectivity index (χ0v) is 14.3. The molecule has 2 N–H and O–H groups in total. The van der Waals surface area contributed by atoms with Gasteiger partial charge < -0.3 is 20.1 Å². The van der Waals surface area contributed by atoms with Gasteiger partial charge in [-0.25, -0.2) is 9.59 Å². The molecule has 1 fully saturated rings. The number of nitrogens with zero attached hydrogens (tertiary/aromatic N) is 1. The van der Waals surface area contributed by atoms with Crippen molar-refractivity contribution in [2.75, 3.05) is 39.4 Å². The van der Waals surface area contributed by atoms with E-state index < -0.39 is 5.97 Å². The molecular weight excluding hydrogens is 322 g/mol. The van der Waals surface area contributed by atoms with E-state index in [1.54, 1.807) is 6.92 Å². The highest BCUT2D eigenvalue weighted by molar-refractivity contribution is 5.93. The number of nitrogens with one attached hydrogen (secondary N) is 2. The minimum atomic E-state index is -0.391. The number of hydrogen-bond acceptors (Lipinski definition) is 5. The number of morpholine rings is 1. The number of amides is 2. The molecule has 0 saturated carbocycles. The van der Waals surface area contributed by atoms with Crippen molar-refractivity contribution in [1.82, 2.24) is 15.5 Å². The molecule has 2 aliphatic rings. The van der Waals surface area contributed by atoms with Crippen LogP contribution in [0.15, 0.2) is 41.6 Å². The van der Waals surface area contributed by atoms with Crippen molar-refractivity contribution < 1.29 is 19.1 Å². The van der Waals surface area contributed by atoms with Crippen molar-refractivity contribution in [3.8, 4) is 0 Å². The molecule has 2 amide bonds. The Morgan fingerprint density at radius 1 is 1.36 bits per heavy atom. The molecule has 1 aromatic carbocycles. The lowest BCUT2D eigenvalue weighted by Gasteiger charge is -2.34. The van der Waals surface area contributed by atoms with Gasteiger partial charge in [0.25, 0.3) is 0 Å². The summed E-state index contributed by atoms with van der Waals surface area (Å²) in [7, 11) is 0. The topological polar surface area (TPSA) is 79.9 Å². The number of hydrogen-bond donors (Lipinski definition) is 2. The predicted octanol–water partition coefficient (Wildman–Crippen LogP) is 1.19. The Morgan fingerprint density at radius 2 is 2.16 bits per heavy atom. The van der Waals surface area contributed by atoms with E-state index in [0.29, 0.717) is 37.6 Å². The molecule has 0 radical (unpaired) electrons. The smallest absolute Gasteiger partial charge is 0.337 e. The summed E-state index contributed by atoms with van der Waals surface area (Å²) < 4.78 is 11.0. The molecule has 3 rings (SSSR count). The third-order valence-electron chi connectivity index (χ3n) is 4.28. The monoisotopic (exact) mass is 345 g/mol. The van der Waals surface area contributed by atoms with Crippen molar-refractivity contribution in [2.24, 2.45) is 0 Å². The van der Waals surface area contributed by atoms with Gasteiger partial charge in [-0.15, -0.1) is 0 Å². The normalized spacial score (nSPS) is 21.5. The standard InChI is InChI=1S/C18H23N3O4/c1-2-24-17(22)14-10-19-18(23)20-15(14)11-21-8-9-25-16(12-21)13-6-4-3-5-7-13/h3-7,16H,2,8-12H2,1H3,(H2,19,20,23)/t16-/m1/s1. The summed E-state index contributed by atoms with van der Waals surface area (Å²) >= 11 is 0. The first-order valence-electron chi connectivity index (χ1n) is 8.50. The molecule has 2 aliphatic heterocycles. The molecule has 0 aromatic heterocycles. The molecule has 25 heavy (non-hydrogen) atoms. The van der Waals surface area contributed by atoms with Crippen LogP contribution in [0.2, 0.25) is 0 Å². The fourth-order valence-corrected chi connectivity index (χ4v) is 3.02. The molecule has 0 bridgehead atoms. The van der Waals surface area contributed by atoms with Gasteiger partial charge in [-0.1, -0.05) is 30.3 Å². The Labute approximate surface area is 147 Å². The molecule has 1 aromatic rings. The van der Waals surface area contributed by atoms with Gasteiger partial charge in [-0.2, -0.15) is 0 Å². The van der Waals surface area contributed by atoms with Gasteiger partial charge in [-0.05, 0) is 12.5 Å². The zero-order valence-electron chi connectivity index (χ0n) is 14.3. The van der Waals surface area contributed by atoms with Crippen LogP contribution in [0.3, 0.4) is 0 Å². The Bertz CT molecular complexity index is 660. The van der Waals surface area contributed by atoms with Crippen molar-refractivity contribution in [3.63, 3.8) is 0 Å². The molecule has 1 atom stereocenters. The number of rotatable bonds is 5. The highest BCUT2D eigenvalue weighted by atomic mass is 16.5. The van der Waals surface area contributed by atoms with E-state index >= 15 is 0 Å². The maximum atomic E-state index is 12.1. The molecule has 7 heteroatoms. The lowest BCUT2D eigenvalue weighted by atomic mass is 10.1. The Kier molecular flexibility index (Phi) is 5.67. The number of benzene rings is 1. The number of urea groups is 1. The van der Waals surface area contributed by atoms with Gasteiger partial charge in [-0.3, -0.25) is 4.90 Å². The first-order chi connectivity index (χ1) is 12.2. The van der Waals surface area contributed by atoms with Gasteiger partial charge in [0.2, 0.25) is 0 Å². The third kappa shape index (κ3) is 4.37. The van der Waals surface area contributed by atoms with Gasteiger partial charge in [0, 0.05) is 25.3 Å². The lowest BCUT2D eigenvalue weighted by Crippen LogP contribution is -2.48. The first-order valence-corrected chi connectivity index (χ1v) is 8.50. The summed E-state index contributed by atoms with van der Waals surface area (Å²) in [5.74, 6) is -0.391. The quantitative estimate of drug-likeness (QED) is 0.784. The Balaban J connectivity index is 1.72. The average Bonchev–Trinajstić information content (AvgIpc) is 2.63. The molecule has 2 heterocycles. The molecule has 0 aliphatic carbocycles. The number of carbonyl (C=O) groups excluding carboxylic acids is 2. The van der Waals surface area contributed by atoms with Gasteiger partial charge in [0.05, 0.1) is 31.4 Å². The van der Waals surface area contributed by atoms with Crippen LogP contribution in [0.25, 0.3) is 0 Å². The SMILES string of the molecule is CCOC(=O)C1=C(CN2CCO[C@@H](c3ccccc3)C2)NC(=O)NC1. The summed E-state index contributed by atoms with van der Waals surface area (Å²) in [4.78, 5) is 26.0. The van der Waals surface area contributed by atoms with Gasteiger partial charge >= 0.3 is 12.0 Å². The average molecular weight is 345 g/mol. The number of esters is 1. The number of carbonyl (C=O) groups is 2. The third-order valence-corrected chi connectivity index (χ3v) is 4.28. The highest BCUT2D eigenvalue weighted by Crippen LogP contribution is 2.23.